The fourth-order valence-electron chi connectivity index (χ4n) is 12.7. The number of ether oxygens (including phenoxy) is 4. The Labute approximate surface area is 626 Å². The SMILES string of the molecule is CCC(C)CCCCCCCCCCC(=O)O[C@H](COC(=O)CCCCCCCCCCCCCCCCCCC(C)C)COP(=O)(O)OC[C@@H](O)COP(=O)(O)OC[C@@H](COC(=O)CCCCCCCCC(C)CC)OC(=O)CCCCCCCCCCCCCCCCCCCCC(C)C. The second-order valence-corrected chi connectivity index (χ2v) is 34.2. The third-order valence-electron chi connectivity index (χ3n) is 20.0. The first-order valence-electron chi connectivity index (χ1n) is 42.8. The van der Waals surface area contributed by atoms with Crippen LogP contribution < -0.4 is 0 Å². The summed E-state index contributed by atoms with van der Waals surface area (Å²) in [6.07, 6.45) is 59.8. The van der Waals surface area contributed by atoms with E-state index in [1.54, 1.807) is 0 Å². The highest BCUT2D eigenvalue weighted by atomic mass is 31.2. The summed E-state index contributed by atoms with van der Waals surface area (Å²) < 4.78 is 68.7. The normalized spacial score (nSPS) is 14.5. The van der Waals surface area contributed by atoms with Gasteiger partial charge >= 0.3 is 39.5 Å². The second-order valence-electron chi connectivity index (χ2n) is 31.3. The second kappa shape index (κ2) is 72.0. The van der Waals surface area contributed by atoms with Crippen LogP contribution in [0.2, 0.25) is 0 Å². The summed E-state index contributed by atoms with van der Waals surface area (Å²) in [4.78, 5) is 73.1. The Morgan fingerprint density at radius 1 is 0.275 bits per heavy atom. The maximum Gasteiger partial charge on any atom is 0.472 e. The molecule has 17 nitrogen and oxygen atoms in total. The molecule has 7 atom stereocenters. The molecule has 102 heavy (non-hydrogen) atoms. The van der Waals surface area contributed by atoms with Gasteiger partial charge in [0.25, 0.3) is 0 Å². The summed E-state index contributed by atoms with van der Waals surface area (Å²) in [5.41, 5.74) is 0. The van der Waals surface area contributed by atoms with E-state index >= 15 is 0 Å². The zero-order valence-electron chi connectivity index (χ0n) is 67.2. The fraction of sp³-hybridized carbons (Fsp3) is 0.952. The van der Waals surface area contributed by atoms with Gasteiger partial charge in [-0.25, -0.2) is 9.13 Å². The molecule has 0 aliphatic heterocycles. The Bertz CT molecular complexity index is 1990. The van der Waals surface area contributed by atoms with Crippen LogP contribution in [-0.4, -0.2) is 96.7 Å². The number of rotatable bonds is 80. The lowest BCUT2D eigenvalue weighted by atomic mass is 9.99. The van der Waals surface area contributed by atoms with Crippen molar-refractivity contribution in [1.82, 2.24) is 0 Å². The summed E-state index contributed by atoms with van der Waals surface area (Å²) in [6.45, 7) is 14.3. The third-order valence-corrected chi connectivity index (χ3v) is 21.9. The van der Waals surface area contributed by atoms with Gasteiger partial charge in [0.2, 0.25) is 0 Å². The number of unbranched alkanes of at least 4 members (excludes halogenated alkanes) is 44. The lowest BCUT2D eigenvalue weighted by Crippen LogP contribution is -2.30. The molecule has 0 saturated heterocycles. The number of aliphatic hydroxyl groups excluding tert-OH is 1. The molecule has 19 heteroatoms. The number of esters is 4. The molecule has 606 valence electrons. The van der Waals surface area contributed by atoms with E-state index in [0.717, 1.165) is 120 Å². The van der Waals surface area contributed by atoms with Crippen LogP contribution >= 0.6 is 15.6 Å². The first kappa shape index (κ1) is 100. The quantitative estimate of drug-likeness (QED) is 0.0222. The molecule has 4 unspecified atom stereocenters. The highest BCUT2D eigenvalue weighted by Crippen LogP contribution is 2.45. The molecule has 0 spiro atoms. The highest BCUT2D eigenvalue weighted by molar-refractivity contribution is 7.47. The smallest absolute Gasteiger partial charge is 0.462 e. The number of aliphatic hydroxyl groups is 1. The molecule has 3 N–H and O–H groups in total. The van der Waals surface area contributed by atoms with E-state index in [4.69, 9.17) is 37.0 Å². The van der Waals surface area contributed by atoms with Gasteiger partial charge in [0.1, 0.15) is 19.3 Å². The van der Waals surface area contributed by atoms with Crippen molar-refractivity contribution in [2.45, 2.75) is 446 Å². The molecule has 0 aromatic carbocycles. The molecular formula is C83H162O17P2. The van der Waals surface area contributed by atoms with E-state index in [9.17, 15) is 43.2 Å². The Balaban J connectivity index is 5.18. The number of phosphoric ester groups is 2. The molecule has 0 radical (unpaired) electrons. The van der Waals surface area contributed by atoms with Crippen molar-refractivity contribution < 1.29 is 80.2 Å². The molecule has 0 fully saturated rings. The number of phosphoric acid groups is 2. The third kappa shape index (κ3) is 73.6. The zero-order chi connectivity index (χ0) is 75.3. The van der Waals surface area contributed by atoms with Crippen LogP contribution in [0, 0.1) is 23.7 Å². The molecular weight excluding hydrogens is 1330 g/mol. The highest BCUT2D eigenvalue weighted by Gasteiger charge is 2.30. The van der Waals surface area contributed by atoms with Crippen LogP contribution in [0.1, 0.15) is 428 Å². The standard InChI is InChI=1S/C83H162O17P2/c1-9-75(7)61-53-45-37-33-34-40-50-58-66-83(88)100-78(69-93-80(85)63-55-47-38-31-27-23-19-16-15-18-22-26-30-36-44-52-60-74(5)6)71-97-101(89,90)95-67-77(84)68-96-102(91,92)98-72-79(70-94-81(86)64-56-48-42-41-46-54-62-76(8)10-2)99-82(87)65-57-49-39-32-28-24-20-14-12-11-13-17-21-25-29-35-43-51-59-73(3)4/h73-79,84H,9-72H2,1-8H3,(H,89,90)(H,91,92)/t75?,76?,77-,78-,79-/m1/s1. The molecule has 0 aromatic heterocycles. The molecule has 0 aromatic rings. The van der Waals surface area contributed by atoms with Gasteiger partial charge in [-0.15, -0.1) is 0 Å². The number of carbonyl (C=O) groups is 4. The summed E-state index contributed by atoms with van der Waals surface area (Å²) in [6, 6.07) is 0. The predicted octanol–water partition coefficient (Wildman–Crippen LogP) is 24.8. The predicted molar refractivity (Wildman–Crippen MR) is 418 cm³/mol. The molecule has 0 saturated carbocycles. The van der Waals surface area contributed by atoms with Crippen LogP contribution in [0.3, 0.4) is 0 Å². The molecule has 0 bridgehead atoms. The van der Waals surface area contributed by atoms with Gasteiger partial charge in [0, 0.05) is 25.7 Å². The van der Waals surface area contributed by atoms with Gasteiger partial charge in [0.05, 0.1) is 26.4 Å². The number of carbonyl (C=O) groups excluding carboxylic acids is 4. The van der Waals surface area contributed by atoms with Crippen molar-refractivity contribution in [3.63, 3.8) is 0 Å². The minimum Gasteiger partial charge on any atom is -0.462 e. The van der Waals surface area contributed by atoms with Gasteiger partial charge < -0.3 is 33.8 Å². The first-order chi connectivity index (χ1) is 49.2. The van der Waals surface area contributed by atoms with Crippen molar-refractivity contribution >= 4 is 39.5 Å². The monoisotopic (exact) mass is 1490 g/mol. The van der Waals surface area contributed by atoms with Gasteiger partial charge in [0.15, 0.2) is 12.2 Å². The lowest BCUT2D eigenvalue weighted by Gasteiger charge is -2.21. The average Bonchev–Trinajstić information content (AvgIpc) is 0.907. The summed E-state index contributed by atoms with van der Waals surface area (Å²) in [7, 11) is -9.92. The summed E-state index contributed by atoms with van der Waals surface area (Å²) in [5, 5.41) is 10.6. The first-order valence-corrected chi connectivity index (χ1v) is 45.8. The van der Waals surface area contributed by atoms with Gasteiger partial charge in [-0.2, -0.15) is 0 Å². The maximum atomic E-state index is 13.1. The van der Waals surface area contributed by atoms with Crippen molar-refractivity contribution in [2.75, 3.05) is 39.6 Å². The van der Waals surface area contributed by atoms with Gasteiger partial charge in [-0.05, 0) is 49.4 Å². The molecule has 0 heterocycles. The Morgan fingerprint density at radius 3 is 0.696 bits per heavy atom. The van der Waals surface area contributed by atoms with E-state index in [2.05, 4.69) is 55.4 Å². The van der Waals surface area contributed by atoms with E-state index in [1.807, 2.05) is 0 Å². The van der Waals surface area contributed by atoms with E-state index in [-0.39, 0.29) is 25.7 Å². The largest absolute Gasteiger partial charge is 0.472 e. The van der Waals surface area contributed by atoms with Crippen molar-refractivity contribution in [3.8, 4) is 0 Å². The lowest BCUT2D eigenvalue weighted by molar-refractivity contribution is -0.161. The van der Waals surface area contributed by atoms with E-state index in [1.165, 1.54) is 225 Å². The van der Waals surface area contributed by atoms with Gasteiger partial charge in [-0.1, -0.05) is 376 Å². The summed E-state index contributed by atoms with van der Waals surface area (Å²) >= 11 is 0. The van der Waals surface area contributed by atoms with Crippen LogP contribution in [0.4, 0.5) is 0 Å². The topological polar surface area (TPSA) is 237 Å². The minimum absolute atomic E-state index is 0.105. The Morgan fingerprint density at radius 2 is 0.471 bits per heavy atom. The van der Waals surface area contributed by atoms with Crippen LogP contribution in [-0.2, 0) is 65.4 Å². The van der Waals surface area contributed by atoms with Crippen molar-refractivity contribution in [2.24, 2.45) is 23.7 Å². The maximum absolute atomic E-state index is 13.1. The Hall–Kier alpha value is -1.94. The number of hydrogen-bond acceptors (Lipinski definition) is 15. The van der Waals surface area contributed by atoms with Crippen molar-refractivity contribution in [1.29, 1.82) is 0 Å². The van der Waals surface area contributed by atoms with E-state index in [0.29, 0.717) is 25.7 Å². The molecule has 0 aliphatic rings. The molecule has 0 rings (SSSR count). The minimum atomic E-state index is -4.96. The van der Waals surface area contributed by atoms with Crippen molar-refractivity contribution in [3.05, 3.63) is 0 Å². The zero-order valence-corrected chi connectivity index (χ0v) is 69.0. The summed E-state index contributed by atoms with van der Waals surface area (Å²) in [5.74, 6) is 1.02. The Kier molecular flexibility index (Phi) is 70.6. The fourth-order valence-corrected chi connectivity index (χ4v) is 14.3. The van der Waals surface area contributed by atoms with Crippen LogP contribution in [0.15, 0.2) is 0 Å². The molecule has 0 amide bonds. The van der Waals surface area contributed by atoms with Crippen LogP contribution in [0.25, 0.3) is 0 Å². The number of hydrogen-bond donors (Lipinski definition) is 3. The average molecular weight is 1490 g/mol. The van der Waals surface area contributed by atoms with E-state index < -0.39 is 97.5 Å². The van der Waals surface area contributed by atoms with Gasteiger partial charge in [-0.3, -0.25) is 37.3 Å². The van der Waals surface area contributed by atoms with Crippen LogP contribution in [0.5, 0.6) is 0 Å². The molecule has 0 aliphatic carbocycles.